The molecule has 1 N–H and O–H groups in total. The Hall–Kier alpha value is -5.16. The van der Waals surface area contributed by atoms with Gasteiger partial charge in [-0.1, -0.05) is 12.1 Å². The number of rotatable bonds is 9. The van der Waals surface area contributed by atoms with Gasteiger partial charge in [0.2, 0.25) is 5.43 Å². The third-order valence-electron chi connectivity index (χ3n) is 8.81. The molecule has 0 radical (unpaired) electrons. The van der Waals surface area contributed by atoms with Gasteiger partial charge >= 0.3 is 5.97 Å². The highest BCUT2D eigenvalue weighted by molar-refractivity contribution is 5.93. The molecular formula is C35H32FN3O7. The average Bonchev–Trinajstić information content (AvgIpc) is 3.91. The Morgan fingerprint density at radius 3 is 2.39 bits per heavy atom. The zero-order valence-corrected chi connectivity index (χ0v) is 25.2. The van der Waals surface area contributed by atoms with E-state index in [4.69, 9.17) is 13.9 Å². The fraction of sp³-hybridized carbons (Fsp3) is 0.286. The maximum Gasteiger partial charge on any atom is 0.341 e. The smallest absolute Gasteiger partial charge is 0.341 e. The number of carboxylic acids is 1. The van der Waals surface area contributed by atoms with E-state index in [1.54, 1.807) is 43.5 Å². The van der Waals surface area contributed by atoms with Crippen LogP contribution < -0.4 is 25.2 Å². The Morgan fingerprint density at radius 1 is 0.957 bits per heavy atom. The predicted octanol–water partition coefficient (Wildman–Crippen LogP) is 5.16. The van der Waals surface area contributed by atoms with E-state index in [1.807, 2.05) is 21.6 Å². The minimum atomic E-state index is -1.31. The summed E-state index contributed by atoms with van der Waals surface area (Å²) < 4.78 is 34.1. The number of halogens is 1. The number of ether oxygens (including phenoxy) is 2. The molecule has 1 saturated carbocycles. The molecule has 0 spiro atoms. The number of aromatic nitrogens is 1. The van der Waals surface area contributed by atoms with Crippen LogP contribution in [0.15, 0.2) is 81.1 Å². The fourth-order valence-electron chi connectivity index (χ4n) is 6.08. The standard InChI is InChI=1S/C35H32FN3O7/c1-44-23-6-2-21(3-7-23)28-20-46-32-16-24(8-9-25(32)33(28)40)45-15-14-37-10-12-38(13-11-37)31-18-30-26(17-29(31)36)34(41)27(35(42)43)19-39(30)22-4-5-22/h2-3,6-9,16-20,22H,4-5,10-15H2,1H3,(H,42,43). The summed E-state index contributed by atoms with van der Waals surface area (Å²) in [6, 6.07) is 15.4. The van der Waals surface area contributed by atoms with Crippen molar-refractivity contribution < 1.29 is 28.2 Å². The predicted molar refractivity (Wildman–Crippen MR) is 172 cm³/mol. The average molecular weight is 626 g/mol. The van der Waals surface area contributed by atoms with Crippen molar-refractivity contribution in [3.05, 3.63) is 98.9 Å². The van der Waals surface area contributed by atoms with E-state index in [2.05, 4.69) is 4.90 Å². The van der Waals surface area contributed by atoms with Crippen LogP contribution in [0.25, 0.3) is 33.0 Å². The first-order valence-corrected chi connectivity index (χ1v) is 15.2. The summed E-state index contributed by atoms with van der Waals surface area (Å²) >= 11 is 0. The molecule has 3 aromatic carbocycles. The minimum absolute atomic E-state index is 0.0921. The number of carboxylic acid groups (broad SMARTS) is 1. The molecule has 46 heavy (non-hydrogen) atoms. The molecule has 3 heterocycles. The van der Waals surface area contributed by atoms with Crippen molar-refractivity contribution in [2.24, 2.45) is 0 Å². The van der Waals surface area contributed by atoms with E-state index in [0.29, 0.717) is 78.6 Å². The first-order chi connectivity index (χ1) is 22.3. The molecule has 236 valence electrons. The van der Waals surface area contributed by atoms with Crippen molar-refractivity contribution in [3.8, 4) is 22.6 Å². The molecule has 2 aromatic heterocycles. The third kappa shape index (κ3) is 5.58. The van der Waals surface area contributed by atoms with Crippen LogP contribution in [-0.4, -0.2) is 67.0 Å². The second-order valence-corrected chi connectivity index (χ2v) is 11.7. The number of nitrogens with zero attached hydrogens (tertiary/aromatic N) is 3. The molecule has 0 bridgehead atoms. The van der Waals surface area contributed by atoms with Crippen LogP contribution in [0.3, 0.4) is 0 Å². The number of pyridine rings is 1. The van der Waals surface area contributed by atoms with E-state index < -0.39 is 17.2 Å². The van der Waals surface area contributed by atoms with Crippen molar-refractivity contribution in [2.75, 3.05) is 51.3 Å². The van der Waals surface area contributed by atoms with E-state index in [0.717, 1.165) is 18.4 Å². The first kappa shape index (κ1) is 29.5. The Morgan fingerprint density at radius 2 is 1.70 bits per heavy atom. The van der Waals surface area contributed by atoms with Gasteiger partial charge in [-0.25, -0.2) is 9.18 Å². The SMILES string of the molecule is COc1ccc(-c2coc3cc(OCCN4CCN(c5cc6c(cc5F)c(=O)c(C(=O)O)cn6C5CC5)CC4)ccc3c2=O)cc1. The molecule has 1 aliphatic heterocycles. The van der Waals surface area contributed by atoms with Gasteiger partial charge in [-0.2, -0.15) is 0 Å². The van der Waals surface area contributed by atoms with E-state index in [-0.39, 0.29) is 22.4 Å². The summed E-state index contributed by atoms with van der Waals surface area (Å²) in [7, 11) is 1.59. The van der Waals surface area contributed by atoms with Crippen molar-refractivity contribution >= 4 is 33.5 Å². The highest BCUT2D eigenvalue weighted by Gasteiger charge is 2.28. The van der Waals surface area contributed by atoms with Crippen LogP contribution in [-0.2, 0) is 0 Å². The summed E-state index contributed by atoms with van der Waals surface area (Å²) in [6.07, 6.45) is 4.65. The molecule has 1 aliphatic carbocycles. The second kappa shape index (κ2) is 12.0. The summed E-state index contributed by atoms with van der Waals surface area (Å²) in [5, 5.41) is 10.1. The number of aromatic carboxylic acids is 1. The monoisotopic (exact) mass is 625 g/mol. The van der Waals surface area contributed by atoms with Crippen LogP contribution in [0.5, 0.6) is 11.5 Å². The van der Waals surface area contributed by atoms with Gasteiger partial charge in [-0.05, 0) is 54.8 Å². The molecule has 10 nitrogen and oxygen atoms in total. The molecule has 2 fully saturated rings. The number of piperazine rings is 1. The number of carbonyl (C=O) groups is 1. The lowest BCUT2D eigenvalue weighted by molar-refractivity contribution is 0.0694. The van der Waals surface area contributed by atoms with E-state index >= 15 is 4.39 Å². The molecule has 2 aliphatic rings. The zero-order chi connectivity index (χ0) is 31.9. The lowest BCUT2D eigenvalue weighted by Crippen LogP contribution is -2.47. The maximum atomic E-state index is 15.3. The molecule has 0 amide bonds. The molecule has 7 rings (SSSR count). The van der Waals surface area contributed by atoms with Gasteiger partial charge in [0.15, 0.2) is 5.43 Å². The van der Waals surface area contributed by atoms with Crippen LogP contribution in [0.1, 0.15) is 29.2 Å². The van der Waals surface area contributed by atoms with Gasteiger partial charge in [0.25, 0.3) is 0 Å². The Kier molecular flexibility index (Phi) is 7.69. The number of hydrogen-bond donors (Lipinski definition) is 1. The minimum Gasteiger partial charge on any atom is -0.497 e. The lowest BCUT2D eigenvalue weighted by atomic mass is 10.1. The van der Waals surface area contributed by atoms with Crippen LogP contribution in [0.2, 0.25) is 0 Å². The molecule has 11 heteroatoms. The molecule has 0 atom stereocenters. The second-order valence-electron chi connectivity index (χ2n) is 11.7. The van der Waals surface area contributed by atoms with Gasteiger partial charge in [0, 0.05) is 56.4 Å². The number of methoxy groups -OCH3 is 1. The van der Waals surface area contributed by atoms with Crippen molar-refractivity contribution in [3.63, 3.8) is 0 Å². The number of fused-ring (bicyclic) bond motifs is 2. The highest BCUT2D eigenvalue weighted by atomic mass is 19.1. The van der Waals surface area contributed by atoms with Gasteiger partial charge < -0.3 is 28.5 Å². The Balaban J connectivity index is 0.987. The summed E-state index contributed by atoms with van der Waals surface area (Å²) in [5.74, 6) is -0.544. The summed E-state index contributed by atoms with van der Waals surface area (Å²) in [6.45, 7) is 3.63. The van der Waals surface area contributed by atoms with Gasteiger partial charge in [-0.3, -0.25) is 14.5 Å². The molecule has 1 saturated heterocycles. The normalized spacial score (nSPS) is 15.4. The lowest BCUT2D eigenvalue weighted by Gasteiger charge is -2.36. The van der Waals surface area contributed by atoms with Crippen molar-refractivity contribution in [1.29, 1.82) is 0 Å². The Labute approximate surface area is 262 Å². The van der Waals surface area contributed by atoms with Crippen molar-refractivity contribution in [2.45, 2.75) is 18.9 Å². The van der Waals surface area contributed by atoms with Gasteiger partial charge in [0.1, 0.15) is 41.3 Å². The van der Waals surface area contributed by atoms with Gasteiger partial charge in [0.05, 0.1) is 29.3 Å². The summed E-state index contributed by atoms with van der Waals surface area (Å²) in [5.41, 5.74) is 1.50. The molecular weight excluding hydrogens is 593 g/mol. The topological polar surface area (TPSA) is 114 Å². The molecule has 5 aromatic rings. The number of anilines is 1. The molecule has 0 unspecified atom stereocenters. The van der Waals surface area contributed by atoms with Gasteiger partial charge in [-0.15, -0.1) is 0 Å². The van der Waals surface area contributed by atoms with Crippen LogP contribution >= 0.6 is 0 Å². The summed E-state index contributed by atoms with van der Waals surface area (Å²) in [4.78, 5) is 41.8. The first-order valence-electron chi connectivity index (χ1n) is 15.2. The van der Waals surface area contributed by atoms with Crippen LogP contribution in [0.4, 0.5) is 10.1 Å². The zero-order valence-electron chi connectivity index (χ0n) is 25.2. The van der Waals surface area contributed by atoms with E-state index in [9.17, 15) is 19.5 Å². The largest absolute Gasteiger partial charge is 0.497 e. The maximum absolute atomic E-state index is 15.3. The van der Waals surface area contributed by atoms with Crippen LogP contribution in [0, 0.1) is 5.82 Å². The van der Waals surface area contributed by atoms with Crippen molar-refractivity contribution in [1.82, 2.24) is 9.47 Å². The fourth-order valence-corrected chi connectivity index (χ4v) is 6.08. The third-order valence-corrected chi connectivity index (χ3v) is 8.81. The Bertz CT molecular complexity index is 2080. The number of benzene rings is 3. The number of hydrogen-bond acceptors (Lipinski definition) is 8. The van der Waals surface area contributed by atoms with E-state index in [1.165, 1.54) is 18.5 Å². The highest BCUT2D eigenvalue weighted by Crippen LogP contribution is 2.38. The quantitative estimate of drug-likeness (QED) is 0.237.